The molecule has 0 bridgehead atoms. The molecule has 0 spiro atoms. The lowest BCUT2D eigenvalue weighted by Crippen LogP contribution is -2.15. The third-order valence-corrected chi connectivity index (χ3v) is 4.44. The molecule has 0 aliphatic rings. The number of carbonyl (C=O) groups is 1. The van der Waals surface area contributed by atoms with Gasteiger partial charge in [0.1, 0.15) is 5.75 Å². The summed E-state index contributed by atoms with van der Waals surface area (Å²) in [5, 5.41) is 3.37. The number of nitrogens with zero attached hydrogens (tertiary/aromatic N) is 3. The molecule has 3 aromatic rings. The highest BCUT2D eigenvalue weighted by molar-refractivity contribution is 7.99. The van der Waals surface area contributed by atoms with Crippen molar-refractivity contribution in [1.82, 2.24) is 19.5 Å². The third-order valence-electron chi connectivity index (χ3n) is 3.41. The number of amides is 1. The molecule has 2 aromatic heterocycles. The van der Waals surface area contributed by atoms with Gasteiger partial charge in [-0.1, -0.05) is 23.9 Å². The molecule has 0 saturated heterocycles. The van der Waals surface area contributed by atoms with Crippen LogP contribution in [-0.4, -0.2) is 37.8 Å². The highest BCUT2D eigenvalue weighted by Gasteiger charge is 2.14. The van der Waals surface area contributed by atoms with E-state index in [0.717, 1.165) is 0 Å². The maximum atomic E-state index is 12.2. The van der Waals surface area contributed by atoms with Gasteiger partial charge in [0.05, 0.1) is 24.4 Å². The number of ether oxygens (including phenoxy) is 1. The highest BCUT2D eigenvalue weighted by atomic mass is 32.2. The Morgan fingerprint density at radius 1 is 1.40 bits per heavy atom. The number of aromatic nitrogens is 4. The number of aryl methyl sites for hydroxylation is 1. The van der Waals surface area contributed by atoms with E-state index in [2.05, 4.69) is 20.3 Å². The first-order chi connectivity index (χ1) is 12.1. The van der Waals surface area contributed by atoms with Crippen LogP contribution in [0.15, 0.2) is 40.5 Å². The summed E-state index contributed by atoms with van der Waals surface area (Å²) >= 11 is 1.23. The van der Waals surface area contributed by atoms with E-state index in [1.807, 2.05) is 19.1 Å². The van der Waals surface area contributed by atoms with Crippen LogP contribution >= 0.6 is 11.8 Å². The first kappa shape index (κ1) is 17.0. The summed E-state index contributed by atoms with van der Waals surface area (Å²) in [6.45, 7) is 2.40. The number of hydrogen-bond acceptors (Lipinski definition) is 6. The summed E-state index contributed by atoms with van der Waals surface area (Å²) in [7, 11) is 1.76. The molecule has 0 fully saturated rings. The van der Waals surface area contributed by atoms with Crippen LogP contribution in [0.25, 0.3) is 11.2 Å². The number of rotatable bonds is 6. The third kappa shape index (κ3) is 3.66. The molecule has 3 rings (SSSR count). The zero-order chi connectivity index (χ0) is 17.8. The van der Waals surface area contributed by atoms with E-state index >= 15 is 0 Å². The van der Waals surface area contributed by atoms with Crippen molar-refractivity contribution in [2.45, 2.75) is 12.1 Å². The Balaban J connectivity index is 1.70. The zero-order valence-electron chi connectivity index (χ0n) is 13.8. The number of H-pyrrole nitrogens is 1. The summed E-state index contributed by atoms with van der Waals surface area (Å²) in [5.41, 5.74) is 1.06. The molecule has 0 radical (unpaired) electrons. The van der Waals surface area contributed by atoms with Gasteiger partial charge in [-0.05, 0) is 19.1 Å². The second-order valence-corrected chi connectivity index (χ2v) is 6.07. The lowest BCUT2D eigenvalue weighted by Gasteiger charge is -2.11. The van der Waals surface area contributed by atoms with E-state index in [4.69, 9.17) is 4.74 Å². The standard InChI is InChI=1S/C16H17N5O3S/c1-3-24-11-7-5-4-6-10(11)19-12(22)8-25-16-20-13-14(21(16)2)17-9-18-15(13)23/h4-7,9H,3,8H2,1-2H3,(H,19,22)(H,17,18,23). The number of thioether (sulfide) groups is 1. The van der Waals surface area contributed by atoms with Crippen molar-refractivity contribution in [2.24, 2.45) is 7.05 Å². The lowest BCUT2D eigenvalue weighted by molar-refractivity contribution is -0.113. The summed E-state index contributed by atoms with van der Waals surface area (Å²) in [5.74, 6) is 0.586. The first-order valence-electron chi connectivity index (χ1n) is 7.64. The predicted molar refractivity (Wildman–Crippen MR) is 96.1 cm³/mol. The van der Waals surface area contributed by atoms with Gasteiger partial charge in [0.15, 0.2) is 16.3 Å². The fraction of sp³-hybridized carbons (Fsp3) is 0.250. The van der Waals surface area contributed by atoms with Crippen molar-refractivity contribution < 1.29 is 9.53 Å². The van der Waals surface area contributed by atoms with Gasteiger partial charge in [0.25, 0.3) is 5.56 Å². The fourth-order valence-corrected chi connectivity index (χ4v) is 3.06. The minimum Gasteiger partial charge on any atom is -0.492 e. The number of anilines is 1. The van der Waals surface area contributed by atoms with E-state index in [1.54, 1.807) is 23.7 Å². The molecule has 25 heavy (non-hydrogen) atoms. The minimum absolute atomic E-state index is 0.148. The van der Waals surface area contributed by atoms with Gasteiger partial charge in [-0.15, -0.1) is 0 Å². The van der Waals surface area contributed by atoms with Crippen molar-refractivity contribution in [3.05, 3.63) is 40.9 Å². The molecule has 130 valence electrons. The number of imidazole rings is 1. The Morgan fingerprint density at radius 2 is 2.20 bits per heavy atom. The van der Waals surface area contributed by atoms with E-state index in [9.17, 15) is 9.59 Å². The molecule has 8 nitrogen and oxygen atoms in total. The molecule has 0 saturated carbocycles. The van der Waals surface area contributed by atoms with E-state index in [1.165, 1.54) is 18.1 Å². The van der Waals surface area contributed by atoms with Gasteiger partial charge >= 0.3 is 0 Å². The largest absolute Gasteiger partial charge is 0.492 e. The molecule has 0 aliphatic heterocycles. The van der Waals surface area contributed by atoms with E-state index < -0.39 is 0 Å². The maximum absolute atomic E-state index is 12.2. The Morgan fingerprint density at radius 3 is 2.96 bits per heavy atom. The van der Waals surface area contributed by atoms with Crippen molar-refractivity contribution in [3.8, 4) is 5.75 Å². The number of benzene rings is 1. The maximum Gasteiger partial charge on any atom is 0.278 e. The molecule has 2 N–H and O–H groups in total. The summed E-state index contributed by atoms with van der Waals surface area (Å²) < 4.78 is 7.18. The highest BCUT2D eigenvalue weighted by Crippen LogP contribution is 2.25. The Hall–Kier alpha value is -2.81. The second kappa shape index (κ2) is 7.39. The normalized spacial score (nSPS) is 10.8. The van der Waals surface area contributed by atoms with Gasteiger partial charge in [0.2, 0.25) is 5.91 Å². The average molecular weight is 359 g/mol. The van der Waals surface area contributed by atoms with Gasteiger partial charge in [0, 0.05) is 7.05 Å². The van der Waals surface area contributed by atoms with E-state index in [0.29, 0.717) is 28.8 Å². The smallest absolute Gasteiger partial charge is 0.278 e. The van der Waals surface area contributed by atoms with Crippen LogP contribution < -0.4 is 15.6 Å². The first-order valence-corrected chi connectivity index (χ1v) is 8.63. The second-order valence-electron chi connectivity index (χ2n) is 5.12. The molecule has 2 heterocycles. The SMILES string of the molecule is CCOc1ccccc1NC(=O)CSc1nc2c(=O)[nH]cnc2n1C. The molecular formula is C16H17N5O3S. The van der Waals surface area contributed by atoms with Crippen LogP contribution in [-0.2, 0) is 11.8 Å². The quantitative estimate of drug-likeness (QED) is 0.651. The number of hydrogen-bond donors (Lipinski definition) is 2. The van der Waals surface area contributed by atoms with Crippen molar-refractivity contribution in [2.75, 3.05) is 17.7 Å². The van der Waals surface area contributed by atoms with Gasteiger partial charge in [-0.3, -0.25) is 9.59 Å². The van der Waals surface area contributed by atoms with Crippen LogP contribution in [0.4, 0.5) is 5.69 Å². The summed E-state index contributed by atoms with van der Waals surface area (Å²) in [6, 6.07) is 7.26. The van der Waals surface area contributed by atoms with Crippen molar-refractivity contribution in [3.63, 3.8) is 0 Å². The minimum atomic E-state index is -0.303. The Labute approximate surface area is 147 Å². The van der Waals surface area contributed by atoms with Crippen LogP contribution in [0.5, 0.6) is 5.75 Å². The fourth-order valence-electron chi connectivity index (χ4n) is 2.29. The summed E-state index contributed by atoms with van der Waals surface area (Å²) in [4.78, 5) is 34.8. The van der Waals surface area contributed by atoms with Crippen LogP contribution in [0, 0.1) is 0 Å². The molecule has 0 atom stereocenters. The summed E-state index contributed by atoms with van der Waals surface area (Å²) in [6.07, 6.45) is 1.33. The van der Waals surface area contributed by atoms with Gasteiger partial charge in [-0.25, -0.2) is 9.97 Å². The number of fused-ring (bicyclic) bond motifs is 1. The van der Waals surface area contributed by atoms with Crippen molar-refractivity contribution >= 4 is 34.5 Å². The van der Waals surface area contributed by atoms with Crippen LogP contribution in [0.2, 0.25) is 0 Å². The number of aromatic amines is 1. The lowest BCUT2D eigenvalue weighted by atomic mass is 10.3. The topological polar surface area (TPSA) is 102 Å². The Bertz CT molecular complexity index is 966. The monoisotopic (exact) mass is 359 g/mol. The molecule has 1 aromatic carbocycles. The molecule has 9 heteroatoms. The predicted octanol–water partition coefficient (Wildman–Crippen LogP) is 1.79. The Kier molecular flexibility index (Phi) is 5.03. The molecule has 1 amide bonds. The molecule has 0 aliphatic carbocycles. The van der Waals surface area contributed by atoms with Crippen molar-refractivity contribution in [1.29, 1.82) is 0 Å². The van der Waals surface area contributed by atoms with Crippen LogP contribution in [0.3, 0.4) is 0 Å². The number of nitrogens with one attached hydrogen (secondary N) is 2. The van der Waals surface area contributed by atoms with Gasteiger partial charge < -0.3 is 19.6 Å². The zero-order valence-corrected chi connectivity index (χ0v) is 14.6. The number of para-hydroxylation sites is 2. The number of carbonyl (C=O) groups excluding carboxylic acids is 1. The average Bonchev–Trinajstić information content (AvgIpc) is 2.93. The van der Waals surface area contributed by atoms with E-state index in [-0.39, 0.29) is 22.7 Å². The molecule has 0 unspecified atom stereocenters. The molecular weight excluding hydrogens is 342 g/mol. The van der Waals surface area contributed by atoms with Crippen LogP contribution in [0.1, 0.15) is 6.92 Å². The van der Waals surface area contributed by atoms with Gasteiger partial charge in [-0.2, -0.15) is 0 Å².